The summed E-state index contributed by atoms with van der Waals surface area (Å²) in [4.78, 5) is 0. The Hall–Kier alpha value is -2.16. The Morgan fingerprint density at radius 1 is 1.21 bits per heavy atom. The SMILES string of the molecule is Cc1nnc(Sc2nnc(C)c(C)c2C(N)=NO)o1. The van der Waals surface area contributed by atoms with Crippen LogP contribution in [0.2, 0.25) is 0 Å². The monoisotopic (exact) mass is 280 g/mol. The molecular weight excluding hydrogens is 268 g/mol. The molecule has 0 aliphatic heterocycles. The predicted molar refractivity (Wildman–Crippen MR) is 67.2 cm³/mol. The minimum atomic E-state index is -0.0331. The lowest BCUT2D eigenvalue weighted by molar-refractivity contribution is 0.318. The lowest BCUT2D eigenvalue weighted by Gasteiger charge is -2.09. The van der Waals surface area contributed by atoms with Crippen LogP contribution in [0.4, 0.5) is 0 Å². The van der Waals surface area contributed by atoms with E-state index in [0.29, 0.717) is 27.4 Å². The normalized spacial score (nSPS) is 11.8. The number of oxime groups is 1. The number of nitrogens with zero attached hydrogens (tertiary/aromatic N) is 5. The molecule has 0 fully saturated rings. The zero-order chi connectivity index (χ0) is 14.0. The van der Waals surface area contributed by atoms with Crippen LogP contribution in [0, 0.1) is 20.8 Å². The molecule has 0 aliphatic rings. The fourth-order valence-corrected chi connectivity index (χ4v) is 2.26. The van der Waals surface area contributed by atoms with Gasteiger partial charge in [0.15, 0.2) is 5.84 Å². The molecule has 0 aromatic carbocycles. The molecule has 0 spiro atoms. The maximum atomic E-state index is 8.85. The number of aryl methyl sites for hydroxylation is 2. The first-order valence-electron chi connectivity index (χ1n) is 5.32. The summed E-state index contributed by atoms with van der Waals surface area (Å²) in [7, 11) is 0. The van der Waals surface area contributed by atoms with Gasteiger partial charge in [0.05, 0.1) is 11.3 Å². The molecule has 19 heavy (non-hydrogen) atoms. The van der Waals surface area contributed by atoms with Crippen molar-refractivity contribution < 1.29 is 9.62 Å². The van der Waals surface area contributed by atoms with Gasteiger partial charge < -0.3 is 15.4 Å². The maximum Gasteiger partial charge on any atom is 0.283 e. The third-order valence-corrected chi connectivity index (χ3v) is 3.30. The summed E-state index contributed by atoms with van der Waals surface area (Å²) in [6.45, 7) is 5.30. The molecule has 3 N–H and O–H groups in total. The first-order valence-corrected chi connectivity index (χ1v) is 6.14. The summed E-state index contributed by atoms with van der Waals surface area (Å²) < 4.78 is 5.26. The number of hydrogen-bond acceptors (Lipinski definition) is 8. The summed E-state index contributed by atoms with van der Waals surface area (Å²) in [5.41, 5.74) is 7.67. The molecule has 0 unspecified atom stereocenters. The predicted octanol–water partition coefficient (Wildman–Crippen LogP) is 1.03. The minimum Gasteiger partial charge on any atom is -0.416 e. The molecule has 0 saturated heterocycles. The molecule has 0 bridgehead atoms. The lowest BCUT2D eigenvalue weighted by Crippen LogP contribution is -2.18. The molecule has 0 saturated carbocycles. The first kappa shape index (κ1) is 13.3. The van der Waals surface area contributed by atoms with Gasteiger partial charge in [-0.15, -0.1) is 15.3 Å². The van der Waals surface area contributed by atoms with Crippen LogP contribution in [-0.2, 0) is 0 Å². The van der Waals surface area contributed by atoms with E-state index >= 15 is 0 Å². The van der Waals surface area contributed by atoms with Crippen molar-refractivity contribution in [3.63, 3.8) is 0 Å². The molecular formula is C10H12N6O2S. The van der Waals surface area contributed by atoms with Gasteiger partial charge >= 0.3 is 0 Å². The van der Waals surface area contributed by atoms with Crippen LogP contribution in [0.15, 0.2) is 19.8 Å². The van der Waals surface area contributed by atoms with Gasteiger partial charge in [0.25, 0.3) is 5.22 Å². The standard InChI is InChI=1S/C10H12N6O2S/c1-4-5(2)12-14-9(7(4)8(11)16-17)19-10-15-13-6(3)18-10/h17H,1-3H3,(H2,11,16). The molecule has 0 aliphatic carbocycles. The number of amidine groups is 1. The van der Waals surface area contributed by atoms with Crippen molar-refractivity contribution in [1.82, 2.24) is 20.4 Å². The second-order valence-electron chi connectivity index (χ2n) is 3.76. The molecule has 0 atom stereocenters. The van der Waals surface area contributed by atoms with E-state index in [0.717, 1.165) is 17.3 Å². The van der Waals surface area contributed by atoms with Gasteiger partial charge in [-0.3, -0.25) is 0 Å². The third kappa shape index (κ3) is 2.65. The van der Waals surface area contributed by atoms with Gasteiger partial charge in [0, 0.05) is 6.92 Å². The zero-order valence-electron chi connectivity index (χ0n) is 10.6. The second kappa shape index (κ2) is 5.22. The van der Waals surface area contributed by atoms with E-state index in [2.05, 4.69) is 25.6 Å². The number of rotatable bonds is 3. The van der Waals surface area contributed by atoms with E-state index in [1.54, 1.807) is 13.8 Å². The molecule has 2 heterocycles. The van der Waals surface area contributed by atoms with Gasteiger partial charge in [-0.25, -0.2) is 0 Å². The van der Waals surface area contributed by atoms with Crippen LogP contribution in [-0.4, -0.2) is 31.4 Å². The summed E-state index contributed by atoms with van der Waals surface area (Å²) >= 11 is 1.12. The summed E-state index contributed by atoms with van der Waals surface area (Å²) in [5.74, 6) is 0.416. The smallest absolute Gasteiger partial charge is 0.283 e. The van der Waals surface area contributed by atoms with E-state index in [-0.39, 0.29) is 5.84 Å². The van der Waals surface area contributed by atoms with E-state index in [1.165, 1.54) is 0 Å². The van der Waals surface area contributed by atoms with E-state index in [1.807, 2.05) is 6.92 Å². The van der Waals surface area contributed by atoms with E-state index < -0.39 is 0 Å². The molecule has 0 amide bonds. The average Bonchev–Trinajstić information content (AvgIpc) is 2.79. The highest BCUT2D eigenvalue weighted by Gasteiger charge is 2.18. The van der Waals surface area contributed by atoms with Crippen LogP contribution in [0.5, 0.6) is 0 Å². The number of hydrogen-bond donors (Lipinski definition) is 2. The highest BCUT2D eigenvalue weighted by atomic mass is 32.2. The van der Waals surface area contributed by atoms with Crippen molar-refractivity contribution in [3.05, 3.63) is 22.7 Å². The van der Waals surface area contributed by atoms with Gasteiger partial charge in [-0.05, 0) is 31.2 Å². The van der Waals surface area contributed by atoms with E-state index in [4.69, 9.17) is 15.4 Å². The minimum absolute atomic E-state index is 0.0331. The fraction of sp³-hybridized carbons (Fsp3) is 0.300. The highest BCUT2D eigenvalue weighted by molar-refractivity contribution is 7.99. The zero-order valence-corrected chi connectivity index (χ0v) is 11.4. The number of aromatic nitrogens is 4. The van der Waals surface area contributed by atoms with Crippen LogP contribution >= 0.6 is 11.8 Å². The third-order valence-electron chi connectivity index (χ3n) is 2.48. The molecule has 0 radical (unpaired) electrons. The van der Waals surface area contributed by atoms with Crippen molar-refractivity contribution >= 4 is 17.6 Å². The van der Waals surface area contributed by atoms with E-state index in [9.17, 15) is 0 Å². The van der Waals surface area contributed by atoms with Crippen LogP contribution in [0.25, 0.3) is 0 Å². The Morgan fingerprint density at radius 2 is 1.95 bits per heavy atom. The summed E-state index contributed by atoms with van der Waals surface area (Å²) in [6, 6.07) is 0. The van der Waals surface area contributed by atoms with Crippen molar-refractivity contribution in [2.24, 2.45) is 10.9 Å². The second-order valence-corrected chi connectivity index (χ2v) is 4.70. The fourth-order valence-electron chi connectivity index (χ4n) is 1.41. The van der Waals surface area contributed by atoms with Crippen LogP contribution < -0.4 is 5.73 Å². The Bertz CT molecular complexity index is 639. The highest BCUT2D eigenvalue weighted by Crippen LogP contribution is 2.29. The molecule has 2 rings (SSSR count). The Morgan fingerprint density at radius 3 is 2.53 bits per heavy atom. The van der Waals surface area contributed by atoms with Gasteiger partial charge in [-0.1, -0.05) is 5.16 Å². The largest absolute Gasteiger partial charge is 0.416 e. The van der Waals surface area contributed by atoms with Crippen molar-refractivity contribution in [2.75, 3.05) is 0 Å². The molecule has 8 nitrogen and oxygen atoms in total. The van der Waals surface area contributed by atoms with Crippen LogP contribution in [0.1, 0.15) is 22.7 Å². The van der Waals surface area contributed by atoms with Crippen molar-refractivity contribution in [1.29, 1.82) is 0 Å². The topological polar surface area (TPSA) is 123 Å². The Kier molecular flexibility index (Phi) is 3.65. The number of nitrogens with two attached hydrogens (primary N) is 1. The summed E-state index contributed by atoms with van der Waals surface area (Å²) in [6.07, 6.45) is 0. The first-order chi connectivity index (χ1) is 9.02. The molecule has 9 heteroatoms. The molecule has 2 aromatic heterocycles. The summed E-state index contributed by atoms with van der Waals surface area (Å²) in [5, 5.41) is 28.2. The molecule has 100 valence electrons. The van der Waals surface area contributed by atoms with Crippen LogP contribution in [0.3, 0.4) is 0 Å². The van der Waals surface area contributed by atoms with Gasteiger partial charge in [-0.2, -0.15) is 5.10 Å². The Balaban J connectivity index is 2.48. The Labute approximate surface area is 113 Å². The maximum absolute atomic E-state index is 8.85. The quantitative estimate of drug-likeness (QED) is 0.370. The average molecular weight is 280 g/mol. The molecule has 2 aromatic rings. The lowest BCUT2D eigenvalue weighted by atomic mass is 10.1. The van der Waals surface area contributed by atoms with Crippen molar-refractivity contribution in [3.8, 4) is 0 Å². The van der Waals surface area contributed by atoms with Gasteiger partial charge in [0.1, 0.15) is 5.03 Å². The van der Waals surface area contributed by atoms with Crippen molar-refractivity contribution in [2.45, 2.75) is 31.0 Å². The van der Waals surface area contributed by atoms with Gasteiger partial charge in [0.2, 0.25) is 5.89 Å².